The van der Waals surface area contributed by atoms with Gasteiger partial charge in [0.2, 0.25) is 0 Å². The first-order valence-electron chi connectivity index (χ1n) is 6.49. The van der Waals surface area contributed by atoms with Crippen molar-refractivity contribution in [2.75, 3.05) is 0 Å². The smallest absolute Gasteiger partial charge is 0.356 e. The molecule has 2 heterocycles. The van der Waals surface area contributed by atoms with Crippen molar-refractivity contribution >= 4 is 11.9 Å². The lowest BCUT2D eigenvalue weighted by Gasteiger charge is -2.21. The molecule has 1 aliphatic heterocycles. The van der Waals surface area contributed by atoms with Gasteiger partial charge in [0.25, 0.3) is 0 Å². The summed E-state index contributed by atoms with van der Waals surface area (Å²) in [6, 6.07) is 0. The molecule has 1 unspecified atom stereocenters. The third kappa shape index (κ3) is 2.34. The van der Waals surface area contributed by atoms with E-state index in [-0.39, 0.29) is 11.6 Å². The maximum atomic E-state index is 11.4. The Hall–Kier alpha value is -1.85. The molecule has 0 saturated heterocycles. The van der Waals surface area contributed by atoms with Crippen molar-refractivity contribution in [1.82, 2.24) is 9.55 Å². The van der Waals surface area contributed by atoms with Crippen LogP contribution in [0.3, 0.4) is 0 Å². The average molecular weight is 266 g/mol. The summed E-state index contributed by atoms with van der Waals surface area (Å²) in [5.74, 6) is -2.54. The predicted molar refractivity (Wildman–Crippen MR) is 67.3 cm³/mol. The summed E-state index contributed by atoms with van der Waals surface area (Å²) < 4.78 is 1.80. The molecule has 1 atom stereocenters. The van der Waals surface area contributed by atoms with E-state index in [0.29, 0.717) is 24.5 Å². The van der Waals surface area contributed by atoms with Crippen LogP contribution in [0.4, 0.5) is 0 Å². The minimum absolute atomic E-state index is 0.0154. The van der Waals surface area contributed by atoms with Crippen molar-refractivity contribution in [3.05, 3.63) is 17.2 Å². The molecule has 0 radical (unpaired) electrons. The van der Waals surface area contributed by atoms with E-state index in [4.69, 9.17) is 0 Å². The van der Waals surface area contributed by atoms with Gasteiger partial charge in [-0.15, -0.1) is 0 Å². The van der Waals surface area contributed by atoms with Crippen molar-refractivity contribution < 1.29 is 19.8 Å². The lowest BCUT2D eigenvalue weighted by molar-refractivity contribution is -0.140. The minimum atomic E-state index is -1.08. The molecule has 0 bridgehead atoms. The van der Waals surface area contributed by atoms with Crippen molar-refractivity contribution in [2.24, 2.45) is 5.92 Å². The number of fused-ring (bicyclic) bond motifs is 1. The standard InChI is InChI=1S/C13H18N2O4/c1-7(2)9(12(16)17)11-14-10(13(18)19)8-5-3-4-6-15(8)11/h7,9H,3-6H2,1-2H3,(H,16,17)(H,18,19). The molecular formula is C13H18N2O4. The Bertz CT molecular complexity index is 519. The van der Waals surface area contributed by atoms with Gasteiger partial charge in [0.15, 0.2) is 5.69 Å². The maximum Gasteiger partial charge on any atom is 0.356 e. The molecule has 6 nitrogen and oxygen atoms in total. The molecule has 1 aromatic rings. The van der Waals surface area contributed by atoms with Gasteiger partial charge in [-0.05, 0) is 25.2 Å². The van der Waals surface area contributed by atoms with Crippen LogP contribution >= 0.6 is 0 Å². The topological polar surface area (TPSA) is 92.4 Å². The molecule has 0 aliphatic carbocycles. The predicted octanol–water partition coefficient (Wildman–Crippen LogP) is 1.74. The number of carboxylic acid groups (broad SMARTS) is 2. The van der Waals surface area contributed by atoms with Crippen LogP contribution in [0.1, 0.15) is 54.6 Å². The Morgan fingerprint density at radius 2 is 1.95 bits per heavy atom. The number of aromatic nitrogens is 2. The molecular weight excluding hydrogens is 248 g/mol. The summed E-state index contributed by atoms with van der Waals surface area (Å²) in [7, 11) is 0. The van der Waals surface area contributed by atoms with Crippen LogP contribution in [-0.2, 0) is 17.8 Å². The average Bonchev–Trinajstić information content (AvgIpc) is 2.68. The number of nitrogens with zero attached hydrogens (tertiary/aromatic N) is 2. The fraction of sp³-hybridized carbons (Fsp3) is 0.615. The van der Waals surface area contributed by atoms with Crippen LogP contribution in [0.25, 0.3) is 0 Å². The Morgan fingerprint density at radius 3 is 2.47 bits per heavy atom. The summed E-state index contributed by atoms with van der Waals surface area (Å²) in [6.07, 6.45) is 2.50. The summed E-state index contributed by atoms with van der Waals surface area (Å²) in [5, 5.41) is 18.5. The van der Waals surface area contributed by atoms with Crippen molar-refractivity contribution in [2.45, 2.75) is 45.6 Å². The van der Waals surface area contributed by atoms with Crippen LogP contribution in [0.2, 0.25) is 0 Å². The second-order valence-electron chi connectivity index (χ2n) is 5.24. The van der Waals surface area contributed by atoms with Gasteiger partial charge in [-0.25, -0.2) is 9.78 Å². The second-order valence-corrected chi connectivity index (χ2v) is 5.24. The van der Waals surface area contributed by atoms with Crippen molar-refractivity contribution in [3.63, 3.8) is 0 Å². The summed E-state index contributed by atoms with van der Waals surface area (Å²) in [4.78, 5) is 26.7. The number of aliphatic carboxylic acids is 1. The highest BCUT2D eigenvalue weighted by atomic mass is 16.4. The molecule has 0 fully saturated rings. The van der Waals surface area contributed by atoms with Crippen LogP contribution in [0, 0.1) is 5.92 Å². The third-order valence-electron chi connectivity index (χ3n) is 3.56. The second kappa shape index (κ2) is 5.03. The first-order valence-corrected chi connectivity index (χ1v) is 6.49. The number of hydrogen-bond donors (Lipinski definition) is 2. The number of hydrogen-bond acceptors (Lipinski definition) is 3. The molecule has 0 aromatic carbocycles. The SMILES string of the molecule is CC(C)C(C(=O)O)c1nc(C(=O)O)c2n1CCCC2. The largest absolute Gasteiger partial charge is 0.481 e. The van der Waals surface area contributed by atoms with Crippen molar-refractivity contribution in [3.8, 4) is 0 Å². The molecule has 19 heavy (non-hydrogen) atoms. The molecule has 2 N–H and O–H groups in total. The Morgan fingerprint density at radius 1 is 1.26 bits per heavy atom. The molecule has 6 heteroatoms. The van der Waals surface area contributed by atoms with Gasteiger partial charge in [-0.2, -0.15) is 0 Å². The first-order chi connectivity index (χ1) is 8.93. The monoisotopic (exact) mass is 266 g/mol. The zero-order valence-electron chi connectivity index (χ0n) is 11.1. The number of rotatable bonds is 4. The van der Waals surface area contributed by atoms with E-state index in [9.17, 15) is 19.8 Å². The molecule has 0 spiro atoms. The summed E-state index contributed by atoms with van der Waals surface area (Å²) in [6.45, 7) is 4.27. The molecule has 104 valence electrons. The Kier molecular flexibility index (Phi) is 3.59. The fourth-order valence-corrected chi connectivity index (χ4v) is 2.67. The van der Waals surface area contributed by atoms with Gasteiger partial charge in [0.05, 0.1) is 5.69 Å². The van der Waals surface area contributed by atoms with Gasteiger partial charge in [0, 0.05) is 6.54 Å². The number of aromatic carboxylic acids is 1. The first kappa shape index (κ1) is 13.6. The van der Waals surface area contributed by atoms with Gasteiger partial charge < -0.3 is 14.8 Å². The molecule has 1 aromatic heterocycles. The van der Waals surface area contributed by atoms with Crippen LogP contribution in [0.15, 0.2) is 0 Å². The lowest BCUT2D eigenvalue weighted by atomic mass is 9.95. The number of carboxylic acids is 2. The zero-order valence-corrected chi connectivity index (χ0v) is 11.1. The highest BCUT2D eigenvalue weighted by Crippen LogP contribution is 2.29. The van der Waals surface area contributed by atoms with E-state index < -0.39 is 17.9 Å². The van der Waals surface area contributed by atoms with Crippen LogP contribution in [-0.4, -0.2) is 31.7 Å². The van der Waals surface area contributed by atoms with E-state index in [1.807, 2.05) is 13.8 Å². The van der Waals surface area contributed by atoms with Crippen LogP contribution in [0.5, 0.6) is 0 Å². The zero-order chi connectivity index (χ0) is 14.2. The third-order valence-corrected chi connectivity index (χ3v) is 3.56. The lowest BCUT2D eigenvalue weighted by Crippen LogP contribution is -2.23. The minimum Gasteiger partial charge on any atom is -0.481 e. The van der Waals surface area contributed by atoms with Crippen molar-refractivity contribution in [1.29, 1.82) is 0 Å². The normalized spacial score (nSPS) is 16.2. The molecule has 2 rings (SSSR count). The maximum absolute atomic E-state index is 11.4. The molecule has 0 saturated carbocycles. The molecule has 1 aliphatic rings. The fourth-order valence-electron chi connectivity index (χ4n) is 2.67. The molecule has 0 amide bonds. The highest BCUT2D eigenvalue weighted by molar-refractivity contribution is 5.87. The van der Waals surface area contributed by atoms with Crippen LogP contribution < -0.4 is 0 Å². The van der Waals surface area contributed by atoms with E-state index in [2.05, 4.69) is 4.98 Å². The van der Waals surface area contributed by atoms with Gasteiger partial charge in [-0.1, -0.05) is 13.8 Å². The summed E-state index contributed by atoms with van der Waals surface area (Å²) in [5.41, 5.74) is 0.683. The Balaban J connectivity index is 2.57. The number of carbonyl (C=O) groups is 2. The quantitative estimate of drug-likeness (QED) is 0.866. The Labute approximate surface area is 111 Å². The highest BCUT2D eigenvalue weighted by Gasteiger charge is 2.33. The van der Waals surface area contributed by atoms with E-state index in [1.165, 1.54) is 0 Å². The van der Waals surface area contributed by atoms with E-state index >= 15 is 0 Å². The van der Waals surface area contributed by atoms with Gasteiger partial charge >= 0.3 is 11.9 Å². The summed E-state index contributed by atoms with van der Waals surface area (Å²) >= 11 is 0. The number of imidazole rings is 1. The van der Waals surface area contributed by atoms with Gasteiger partial charge in [-0.3, -0.25) is 4.79 Å². The van der Waals surface area contributed by atoms with E-state index in [0.717, 1.165) is 12.8 Å². The van der Waals surface area contributed by atoms with E-state index in [1.54, 1.807) is 4.57 Å². The van der Waals surface area contributed by atoms with Gasteiger partial charge in [0.1, 0.15) is 11.7 Å².